The van der Waals surface area contributed by atoms with E-state index in [0.717, 1.165) is 63.3 Å². The number of amides is 2. The second-order valence-electron chi connectivity index (χ2n) is 25.3. The van der Waals surface area contributed by atoms with Gasteiger partial charge in [0, 0.05) is 125 Å². The van der Waals surface area contributed by atoms with Crippen LogP contribution in [0.3, 0.4) is 0 Å². The number of anilines is 4. The Bertz CT molecular complexity index is 5250. The molecule has 46 heteroatoms. The van der Waals surface area contributed by atoms with Gasteiger partial charge in [-0.05, 0) is 97.6 Å². The molecule has 0 unspecified atom stereocenters. The van der Waals surface area contributed by atoms with Crippen molar-refractivity contribution in [3.05, 3.63) is 244 Å². The van der Waals surface area contributed by atoms with Gasteiger partial charge in [0.2, 0.25) is 11.2 Å². The molecular formula is C71H83B5ClN29O11. The molecule has 0 saturated heterocycles. The van der Waals surface area contributed by atoms with Crippen LogP contribution in [-0.4, -0.2) is 210 Å². The second-order valence-corrected chi connectivity index (χ2v) is 25.6. The van der Waals surface area contributed by atoms with Crippen LogP contribution in [0.25, 0.3) is 22.7 Å². The maximum absolute atomic E-state index is 13.2. The Labute approximate surface area is 678 Å². The van der Waals surface area contributed by atoms with Gasteiger partial charge < -0.3 is 72.2 Å². The van der Waals surface area contributed by atoms with Crippen molar-refractivity contribution in [3.8, 4) is 34.2 Å². The van der Waals surface area contributed by atoms with Gasteiger partial charge in [-0.3, -0.25) is 39.8 Å². The predicted octanol–water partition coefficient (Wildman–Crippen LogP) is 3.67. The fourth-order valence-corrected chi connectivity index (χ4v) is 10.8. The molecule has 13 heterocycles. The molecule has 1 aromatic carbocycles. The predicted molar refractivity (Wildman–Crippen MR) is 445 cm³/mol. The molecule has 0 spiro atoms. The van der Waals surface area contributed by atoms with E-state index in [0.29, 0.717) is 111 Å². The molecule has 10 aromatic heterocycles. The van der Waals surface area contributed by atoms with E-state index >= 15 is 0 Å². The molecule has 40 nitrogen and oxygen atoms in total. The van der Waals surface area contributed by atoms with Gasteiger partial charge in [0.15, 0.2) is 11.5 Å². The molecule has 14 N–H and O–H groups in total. The number of nitrogens with one attached hydrogen (secondary N) is 6. The summed E-state index contributed by atoms with van der Waals surface area (Å²) in [6.07, 6.45) is 37.8. The third kappa shape index (κ3) is 27.3. The number of hydrogen-bond donors (Lipinski definition) is 12. The Morgan fingerprint density at radius 1 is 0.590 bits per heavy atom. The summed E-state index contributed by atoms with van der Waals surface area (Å²) in [5.74, 6) is 0.906. The number of aromatic nitrogens is 16. The van der Waals surface area contributed by atoms with Gasteiger partial charge in [0.25, 0.3) is 5.91 Å². The number of benzene rings is 1. The zero-order valence-corrected chi connectivity index (χ0v) is 65.2. The Morgan fingerprint density at radius 3 is 1.48 bits per heavy atom. The van der Waals surface area contributed by atoms with Gasteiger partial charge in [-0.2, -0.15) is 15.3 Å². The normalized spacial score (nSPS) is 11.9. The number of nitrogens with zero attached hydrogens (tertiary/aromatic N) is 21. The van der Waals surface area contributed by atoms with Gasteiger partial charge in [-0.25, -0.2) is 29.0 Å². The molecule has 2 amide bonds. The van der Waals surface area contributed by atoms with E-state index in [4.69, 9.17) is 47.6 Å². The van der Waals surface area contributed by atoms with Crippen LogP contribution >= 0.6 is 11.6 Å². The first-order valence-corrected chi connectivity index (χ1v) is 36.4. The van der Waals surface area contributed by atoms with Crippen LogP contribution in [0.1, 0.15) is 54.4 Å². The number of hydrogen-bond acceptors (Lipinski definition) is 33. The molecular weight excluding hydrogens is 1520 g/mol. The van der Waals surface area contributed by atoms with Gasteiger partial charge in [0.1, 0.15) is 17.6 Å². The zero-order valence-electron chi connectivity index (χ0n) is 64.4. The number of nitrogens with two attached hydrogens (primary N) is 2. The summed E-state index contributed by atoms with van der Waals surface area (Å²) in [5, 5.41) is 81.3. The van der Waals surface area contributed by atoms with E-state index in [9.17, 15) is 29.4 Å². The van der Waals surface area contributed by atoms with Crippen LogP contribution in [0.2, 0.25) is 32.6 Å². The van der Waals surface area contributed by atoms with E-state index in [-0.39, 0.29) is 22.4 Å². The Morgan fingerprint density at radius 2 is 1.03 bits per heavy atom. The SMILES string of the molecule is CB(O)NCC1=CCN=C1.CB(O)NCc1cnn(-c2ccncc2N)c1.CB(O)NCc1cnn(-c2ccncc2NC(=O)c2ccnc(Cl)n2)c1.CB(O)NCc1cnn(-c2ccncc2[N+](=O)[O-])c1.COc1cc2c(cc1OC)CN(c1nccc(C(=O)Nc3cnccc3-n3cc(CN=CB=O)cn3)n1)C2.NCC1=CCN=C1. The molecule has 0 saturated carbocycles. The van der Waals surface area contributed by atoms with E-state index in [1.165, 1.54) is 47.7 Å². The summed E-state index contributed by atoms with van der Waals surface area (Å²) < 4.78 is 27.6. The number of ether oxygens (including phenoxy) is 2. The van der Waals surface area contributed by atoms with Crippen LogP contribution in [0.4, 0.5) is 28.7 Å². The Kier molecular flexibility index (Phi) is 33.9. The number of methoxy groups -OCH3 is 2. The van der Waals surface area contributed by atoms with Crippen molar-refractivity contribution in [2.45, 2.75) is 66.6 Å². The van der Waals surface area contributed by atoms with Crippen molar-refractivity contribution >= 4 is 106 Å². The van der Waals surface area contributed by atoms with Crippen molar-refractivity contribution in [1.29, 1.82) is 0 Å². The smallest absolute Gasteiger partial charge is 0.326 e. The maximum atomic E-state index is 13.2. The first-order chi connectivity index (χ1) is 56.6. The molecule has 0 bridgehead atoms. The standard InChI is InChI=1S/C25H23BN8O4.C15H15BClN7O2.C10H12BN5O3.C10H14BN5O.C6H11BN2O.C5H8N2/c1-37-22-7-17-13-33(14-18(17)8-23(22)38-2)25-29-6-3-19(32-25)24(35)31-20-11-27-5-4-21(20)34-12-16(10-30-34)9-28-15-26-36;1-16(26)20-6-10-7-21-24(9-10)13-3-4-18-8-12(13)22-14(25)11-2-5-19-15(17)23-11;1-11(17)13-4-8-5-14-15(7-8)9-2-3-12-6-10(9)16(18)19;1-11(17)14-4-8-5-15-16(7-8)10-2-3-13-6-9(10)12;1-7(10)9-5-6-2-3-8-4-6;6-3-5-1-2-7-4-5/h3-8,10-12,15H,9,13-14H2,1-2H3,(H,31,35);2-5,7-9,20,26H,6H2,1H3,(H,22,25);2-3,5-7,13,17H,4H2,1H3;2-3,5-7,14,17H,4,12H2,1H3;2,4,9-10H,3,5H2,1H3;1,4H,2-3,6H2. The summed E-state index contributed by atoms with van der Waals surface area (Å²) in [5.41, 5.74) is 23.1. The van der Waals surface area contributed by atoms with Crippen molar-refractivity contribution in [2.75, 3.05) is 61.7 Å². The number of nitro groups is 1. The Balaban J connectivity index is 0.000000173. The zero-order chi connectivity index (χ0) is 83.6. The molecule has 3 aliphatic heterocycles. The van der Waals surface area contributed by atoms with Gasteiger partial charge in [0.05, 0.1) is 86.0 Å². The summed E-state index contributed by atoms with van der Waals surface area (Å²) in [6, 6.07) is 13.7. The monoisotopic (exact) mass is 1610 g/mol. The number of carbonyl (C=O) groups excluding carboxylic acids is 2. The molecule has 11 aromatic rings. The molecule has 600 valence electrons. The number of nitrogen functional groups attached to an aromatic ring is 1. The third-order valence-corrected chi connectivity index (χ3v) is 16.6. The molecule has 0 aliphatic carbocycles. The number of aliphatic imine (C=N–C) groups is 3. The molecule has 0 radical (unpaired) electrons. The van der Waals surface area contributed by atoms with Crippen LogP contribution in [0.15, 0.2) is 198 Å². The van der Waals surface area contributed by atoms with E-state index in [1.54, 1.807) is 160 Å². The number of fused-ring (bicyclic) bond motifs is 1. The number of rotatable bonds is 28. The van der Waals surface area contributed by atoms with Crippen molar-refractivity contribution in [3.63, 3.8) is 0 Å². The van der Waals surface area contributed by atoms with Crippen molar-refractivity contribution in [2.24, 2.45) is 20.7 Å². The van der Waals surface area contributed by atoms with Crippen LogP contribution < -0.4 is 57.4 Å². The van der Waals surface area contributed by atoms with Crippen LogP contribution in [0.5, 0.6) is 11.5 Å². The summed E-state index contributed by atoms with van der Waals surface area (Å²) in [6.45, 7) is 12.5. The first-order valence-electron chi connectivity index (χ1n) is 36.0. The average molecular weight is 1610 g/mol. The van der Waals surface area contributed by atoms with Gasteiger partial charge in [-0.15, -0.1) is 0 Å². The summed E-state index contributed by atoms with van der Waals surface area (Å²) in [4.78, 5) is 82.2. The fraction of sp³-hybridized carbons (Fsp3) is 0.225. The average Bonchev–Trinajstić information content (AvgIpc) is 1.66. The van der Waals surface area contributed by atoms with Crippen LogP contribution in [-0.2, 0) is 44.0 Å². The minimum Gasteiger partial charge on any atom is -0.326 e. The topological polar surface area (TPSA) is 533 Å². The van der Waals surface area contributed by atoms with Crippen molar-refractivity contribution in [1.82, 2.24) is 99.9 Å². The minimum atomic E-state index is -0.626. The molecule has 14 rings (SSSR count). The number of halogens is 1. The van der Waals surface area contributed by atoms with Crippen molar-refractivity contribution < 1.29 is 48.8 Å². The minimum absolute atomic E-state index is 0.00797. The molecule has 117 heavy (non-hydrogen) atoms. The summed E-state index contributed by atoms with van der Waals surface area (Å²) in [7, 11) is 1.61. The van der Waals surface area contributed by atoms with Gasteiger partial charge >= 0.3 is 159 Å². The number of pyridine rings is 4. The van der Waals surface area contributed by atoms with E-state index in [2.05, 4.69) is 107 Å². The third-order valence-electron chi connectivity index (χ3n) is 16.4. The summed E-state index contributed by atoms with van der Waals surface area (Å²) >= 11 is 5.72. The fourth-order valence-electron chi connectivity index (χ4n) is 10.6. The molecule has 0 atom stereocenters. The van der Waals surface area contributed by atoms with E-state index < -0.39 is 44.9 Å². The molecule has 0 fully saturated rings. The number of carbonyl (C=O) groups is 2. The first kappa shape index (κ1) is 87.9. The Hall–Kier alpha value is -13.1. The molecule has 3 aliphatic rings. The quantitative estimate of drug-likeness (QED) is 0.0109. The van der Waals surface area contributed by atoms with Crippen LogP contribution in [0, 0.1) is 10.1 Å². The van der Waals surface area contributed by atoms with E-state index in [1.807, 2.05) is 47.8 Å². The van der Waals surface area contributed by atoms with Gasteiger partial charge in [-0.1, -0.05) is 12.2 Å². The second kappa shape index (κ2) is 45.1.